The minimum atomic E-state index is -2.34. The number of aryl methyl sites for hydroxylation is 4. The first-order valence-corrected chi connectivity index (χ1v) is 19.8. The second-order valence-electron chi connectivity index (χ2n) is 17.5. The van der Waals surface area contributed by atoms with Crippen molar-refractivity contribution in [2.45, 2.75) is 79.9 Å². The van der Waals surface area contributed by atoms with Gasteiger partial charge in [-0.3, -0.25) is 9.55 Å². The van der Waals surface area contributed by atoms with Crippen molar-refractivity contribution in [1.82, 2.24) is 14.5 Å². The number of aromatic nitrogens is 3. The smallest absolute Gasteiger partial charge is 0.149 e. The van der Waals surface area contributed by atoms with Gasteiger partial charge in [-0.1, -0.05) is 132 Å². The fourth-order valence-electron chi connectivity index (χ4n) is 7.79. The Hall–Kier alpha value is -6.26. The van der Waals surface area contributed by atoms with Crippen LogP contribution >= 0.6 is 0 Å². The number of phenolic OH excluding ortho intramolecular Hbond substituents is 1. The Morgan fingerprint density at radius 2 is 1.22 bits per heavy atom. The predicted molar refractivity (Wildman–Crippen MR) is 244 cm³/mol. The molecule has 0 fully saturated rings. The number of imidazole rings is 1. The van der Waals surface area contributed by atoms with Gasteiger partial charge in [-0.25, -0.2) is 4.98 Å². The molecule has 290 valence electrons. The quantitative estimate of drug-likeness (QED) is 0.183. The van der Waals surface area contributed by atoms with E-state index in [-0.39, 0.29) is 22.1 Å². The molecule has 0 aliphatic carbocycles. The van der Waals surface area contributed by atoms with E-state index in [0.717, 1.165) is 78.1 Å². The molecule has 0 atom stereocenters. The van der Waals surface area contributed by atoms with E-state index >= 15 is 0 Å². The molecule has 0 unspecified atom stereocenters. The van der Waals surface area contributed by atoms with E-state index in [1.54, 1.807) is 30.5 Å². The van der Waals surface area contributed by atoms with Crippen LogP contribution in [0.1, 0.15) is 83.1 Å². The van der Waals surface area contributed by atoms with Crippen molar-refractivity contribution >= 4 is 11.0 Å². The summed E-state index contributed by atoms with van der Waals surface area (Å²) in [4.78, 5) is 10.3. The Kier molecular flexibility index (Phi) is 8.00. The number of fused-ring (bicyclic) bond motifs is 1. The molecule has 2 heterocycles. The lowest BCUT2D eigenvalue weighted by atomic mass is 9.83. The highest BCUT2D eigenvalue weighted by atomic mass is 16.3. The number of nitrogens with zero attached hydrogens (tertiary/aromatic N) is 3. The highest BCUT2D eigenvalue weighted by molar-refractivity contribution is 5.98. The second kappa shape index (κ2) is 14.6. The Labute approximate surface area is 352 Å². The van der Waals surface area contributed by atoms with Crippen LogP contribution in [-0.2, 0) is 10.8 Å². The Morgan fingerprint density at radius 1 is 0.552 bits per heavy atom. The van der Waals surface area contributed by atoms with Crippen LogP contribution in [0.5, 0.6) is 5.75 Å². The number of hydrogen-bond acceptors (Lipinski definition) is 3. The van der Waals surface area contributed by atoms with Gasteiger partial charge in [-0.15, -0.1) is 0 Å². The summed E-state index contributed by atoms with van der Waals surface area (Å²) in [5.74, 6) is 0.641. The molecule has 0 radical (unpaired) electrons. The molecule has 0 aliphatic rings. The number of phenols is 1. The van der Waals surface area contributed by atoms with Crippen LogP contribution in [-0.4, -0.2) is 19.6 Å². The first kappa shape index (κ1) is 31.8. The molecule has 1 N–H and O–H groups in total. The summed E-state index contributed by atoms with van der Waals surface area (Å²) in [6.45, 7) is 12.4. The molecule has 0 bridgehead atoms. The number of pyridine rings is 1. The molecule has 0 amide bonds. The molecule has 8 aromatic rings. The molecular weight excluding hydrogens is 707 g/mol. The van der Waals surface area contributed by atoms with Crippen LogP contribution in [0.25, 0.3) is 72.7 Å². The lowest BCUT2D eigenvalue weighted by Gasteiger charge is -2.22. The van der Waals surface area contributed by atoms with Crippen LogP contribution in [0.4, 0.5) is 0 Å². The molecule has 4 nitrogen and oxygen atoms in total. The van der Waals surface area contributed by atoms with Gasteiger partial charge < -0.3 is 5.11 Å². The Balaban J connectivity index is 1.38. The van der Waals surface area contributed by atoms with Crippen LogP contribution in [0.2, 0.25) is 0 Å². The van der Waals surface area contributed by atoms with Gasteiger partial charge in [0.05, 0.1) is 28.0 Å². The third kappa shape index (κ3) is 7.36. The maximum atomic E-state index is 11.8. The predicted octanol–water partition coefficient (Wildman–Crippen LogP) is 14.3. The van der Waals surface area contributed by atoms with Gasteiger partial charge in [0, 0.05) is 31.1 Å². The first-order valence-electron chi connectivity index (χ1n) is 22.8. The molecular formula is C54H53N3O. The molecule has 0 saturated carbocycles. The topological polar surface area (TPSA) is 50.9 Å². The van der Waals surface area contributed by atoms with E-state index in [1.807, 2.05) is 68.4 Å². The molecule has 0 saturated heterocycles. The van der Waals surface area contributed by atoms with E-state index in [9.17, 15) is 5.11 Å². The van der Waals surface area contributed by atoms with Crippen LogP contribution in [0.15, 0.2) is 134 Å². The van der Waals surface area contributed by atoms with Crippen molar-refractivity contribution in [1.29, 1.82) is 0 Å². The van der Waals surface area contributed by atoms with Crippen LogP contribution in [0.3, 0.4) is 0 Å². The van der Waals surface area contributed by atoms with Gasteiger partial charge in [-0.05, 0) is 131 Å². The zero-order valence-electron chi connectivity index (χ0n) is 40.5. The summed E-state index contributed by atoms with van der Waals surface area (Å²) in [7, 11) is 0. The van der Waals surface area contributed by atoms with Crippen molar-refractivity contribution in [3.05, 3.63) is 167 Å². The number of para-hydroxylation sites is 1. The van der Waals surface area contributed by atoms with Gasteiger partial charge in [0.2, 0.25) is 0 Å². The zero-order chi connectivity index (χ0) is 46.1. The minimum absolute atomic E-state index is 0.0786. The highest BCUT2D eigenvalue weighted by Crippen LogP contribution is 2.43. The van der Waals surface area contributed by atoms with Crippen LogP contribution < -0.4 is 0 Å². The maximum absolute atomic E-state index is 11.8. The average molecular weight is 766 g/mol. The molecule has 6 aromatic carbocycles. The monoisotopic (exact) mass is 765 g/mol. The summed E-state index contributed by atoms with van der Waals surface area (Å²) in [5.41, 5.74) is 13.8. The number of rotatable bonds is 6. The van der Waals surface area contributed by atoms with Crippen LogP contribution in [0, 0.1) is 27.6 Å². The van der Waals surface area contributed by atoms with E-state index in [1.165, 1.54) is 0 Å². The van der Waals surface area contributed by atoms with E-state index in [0.29, 0.717) is 22.5 Å². The summed E-state index contributed by atoms with van der Waals surface area (Å²) in [6.07, 6.45) is 1.78. The van der Waals surface area contributed by atoms with Gasteiger partial charge >= 0.3 is 0 Å². The lowest BCUT2D eigenvalue weighted by Crippen LogP contribution is -2.11. The Morgan fingerprint density at radius 3 is 1.93 bits per heavy atom. The van der Waals surface area contributed by atoms with Crippen molar-refractivity contribution in [3.8, 4) is 67.5 Å². The van der Waals surface area contributed by atoms with E-state index in [4.69, 9.17) is 18.2 Å². The molecule has 58 heavy (non-hydrogen) atoms. The fourth-order valence-corrected chi connectivity index (χ4v) is 7.79. The lowest BCUT2D eigenvalue weighted by molar-refractivity contribution is 0.472. The van der Waals surface area contributed by atoms with Crippen molar-refractivity contribution in [2.24, 2.45) is 0 Å². The first-order chi connectivity index (χ1) is 30.0. The summed E-state index contributed by atoms with van der Waals surface area (Å²) >= 11 is 0. The molecule has 0 aliphatic heterocycles. The normalized spacial score (nSPS) is 14.0. The minimum Gasteiger partial charge on any atom is -0.507 e. The maximum Gasteiger partial charge on any atom is 0.149 e. The standard InChI is InChI=1S/C54H53N3O/c1-33-14-17-37(18-15-33)39-24-25-55-47(32-39)41-29-40(30-43(31-41)54(8,9)10)44-12-11-13-49-50(44)56-52(46-28-35(3)26-36(4)51(46)58)57(49)48-23-16-34(2)27-45(48)38-19-21-42(22-20-38)53(5,6)7/h11-32,58H,1-10H3/i1D3,2D3. The van der Waals surface area contributed by atoms with Crippen molar-refractivity contribution in [3.63, 3.8) is 0 Å². The molecule has 2 aromatic heterocycles. The van der Waals surface area contributed by atoms with Gasteiger partial charge in [0.1, 0.15) is 11.6 Å². The Bertz CT molecular complexity index is 3060. The van der Waals surface area contributed by atoms with Crippen molar-refractivity contribution < 1.29 is 13.3 Å². The zero-order valence-corrected chi connectivity index (χ0v) is 34.5. The summed E-state index contributed by atoms with van der Waals surface area (Å²) < 4.78 is 50.7. The highest BCUT2D eigenvalue weighted by Gasteiger charge is 2.25. The fraction of sp³-hybridized carbons (Fsp3) is 0.222. The summed E-state index contributed by atoms with van der Waals surface area (Å²) in [5, 5.41) is 11.8. The number of aromatic hydroxyl groups is 1. The average Bonchev–Trinajstić information content (AvgIpc) is 3.63. The molecule has 4 heteroatoms. The third-order valence-corrected chi connectivity index (χ3v) is 11.1. The SMILES string of the molecule is [2H]C([2H])([2H])c1ccc(-c2ccnc(-c3cc(-c4cccc5c4nc(-c4cc(C)cc(C)c4O)n5-c4ccc(C([2H])([2H])[2H])cc4-c4ccc(C(C)(C)C)cc4)cc(C(C)(C)C)c3)c2)cc1. The third-order valence-electron chi connectivity index (χ3n) is 11.1. The van der Waals surface area contributed by atoms with E-state index in [2.05, 4.69) is 94.6 Å². The van der Waals surface area contributed by atoms with Gasteiger partial charge in [0.15, 0.2) is 0 Å². The van der Waals surface area contributed by atoms with Gasteiger partial charge in [0.25, 0.3) is 0 Å². The molecule has 8 rings (SSSR count). The number of hydrogen-bond donors (Lipinski definition) is 1. The number of benzene rings is 6. The molecule has 0 spiro atoms. The largest absolute Gasteiger partial charge is 0.507 e. The van der Waals surface area contributed by atoms with Gasteiger partial charge in [-0.2, -0.15) is 0 Å². The summed E-state index contributed by atoms with van der Waals surface area (Å²) in [6, 6.07) is 41.0. The second-order valence-corrected chi connectivity index (χ2v) is 17.5. The van der Waals surface area contributed by atoms with Crippen molar-refractivity contribution in [2.75, 3.05) is 0 Å². The van der Waals surface area contributed by atoms with E-state index < -0.39 is 13.7 Å².